The SMILES string of the molecule is COC1(c2cnc(Sc3ccc(C4(C(F)(F)F)N=N4)cc3)s2)CCOCC1. The van der Waals surface area contributed by atoms with E-state index in [0.29, 0.717) is 13.2 Å². The highest BCUT2D eigenvalue weighted by atomic mass is 32.2. The first kappa shape index (κ1) is 18.9. The quantitative estimate of drug-likeness (QED) is 0.680. The standard InChI is InChI=1S/C17H16F3N3O2S2/c1-24-15(6-8-25-9-7-15)13-10-21-14(27-13)26-12-4-2-11(3-5-12)16(22-23-16)17(18,19)20/h2-5,10H,6-9H2,1H3. The fourth-order valence-electron chi connectivity index (χ4n) is 3.07. The molecule has 0 saturated carbocycles. The Morgan fingerprint density at radius 2 is 1.81 bits per heavy atom. The van der Waals surface area contributed by atoms with E-state index >= 15 is 0 Å². The van der Waals surface area contributed by atoms with Gasteiger partial charge >= 0.3 is 11.8 Å². The lowest BCUT2D eigenvalue weighted by Crippen LogP contribution is -2.34. The summed E-state index contributed by atoms with van der Waals surface area (Å²) in [6, 6.07) is 6.11. The molecule has 4 rings (SSSR count). The molecule has 3 heterocycles. The minimum Gasteiger partial charge on any atom is -0.381 e. The molecule has 2 aliphatic rings. The van der Waals surface area contributed by atoms with Crippen LogP contribution >= 0.6 is 23.1 Å². The second-order valence-corrected chi connectivity index (χ2v) is 8.65. The Morgan fingerprint density at radius 1 is 1.15 bits per heavy atom. The number of thiazole rings is 1. The van der Waals surface area contributed by atoms with E-state index in [1.165, 1.54) is 35.2 Å². The largest absolute Gasteiger partial charge is 0.442 e. The van der Waals surface area contributed by atoms with Gasteiger partial charge in [0.1, 0.15) is 5.60 Å². The van der Waals surface area contributed by atoms with Crippen LogP contribution in [-0.2, 0) is 20.7 Å². The maximum atomic E-state index is 13.1. The van der Waals surface area contributed by atoms with Crippen molar-refractivity contribution >= 4 is 23.1 Å². The third-order valence-electron chi connectivity index (χ3n) is 4.78. The summed E-state index contributed by atoms with van der Waals surface area (Å²) in [5.74, 6) is 0. The Hall–Kier alpha value is -1.49. The van der Waals surface area contributed by atoms with Crippen LogP contribution in [0.2, 0.25) is 0 Å². The van der Waals surface area contributed by atoms with Crippen molar-refractivity contribution in [2.45, 2.75) is 39.5 Å². The van der Waals surface area contributed by atoms with E-state index in [1.807, 2.05) is 6.20 Å². The number of benzene rings is 1. The van der Waals surface area contributed by atoms with Crippen LogP contribution in [0, 0.1) is 0 Å². The zero-order chi connectivity index (χ0) is 19.1. The lowest BCUT2D eigenvalue weighted by Gasteiger charge is -2.34. The molecule has 0 amide bonds. The van der Waals surface area contributed by atoms with Crippen LogP contribution in [0.25, 0.3) is 0 Å². The predicted octanol–water partition coefficient (Wildman–Crippen LogP) is 5.13. The van der Waals surface area contributed by atoms with Crippen molar-refractivity contribution < 1.29 is 22.6 Å². The molecule has 5 nitrogen and oxygen atoms in total. The molecule has 0 spiro atoms. The molecule has 27 heavy (non-hydrogen) atoms. The summed E-state index contributed by atoms with van der Waals surface area (Å²) in [5.41, 5.74) is -2.72. The number of hydrogen-bond acceptors (Lipinski definition) is 7. The van der Waals surface area contributed by atoms with Gasteiger partial charge in [0.25, 0.3) is 0 Å². The monoisotopic (exact) mass is 415 g/mol. The molecule has 10 heteroatoms. The van der Waals surface area contributed by atoms with Crippen molar-refractivity contribution in [1.29, 1.82) is 0 Å². The highest BCUT2D eigenvalue weighted by Gasteiger charge is 2.65. The molecule has 144 valence electrons. The van der Waals surface area contributed by atoms with Gasteiger partial charge in [-0.15, -0.1) is 21.6 Å². The van der Waals surface area contributed by atoms with Crippen LogP contribution in [-0.4, -0.2) is 31.5 Å². The molecule has 2 aromatic rings. The molecular weight excluding hydrogens is 399 g/mol. The topological polar surface area (TPSA) is 56.1 Å². The summed E-state index contributed by atoms with van der Waals surface area (Å²) >= 11 is 2.95. The zero-order valence-corrected chi connectivity index (χ0v) is 16.0. The lowest BCUT2D eigenvalue weighted by atomic mass is 9.93. The normalized spacial score (nSPS) is 20.6. The average Bonchev–Trinajstić information content (AvgIpc) is 3.37. The van der Waals surface area contributed by atoms with Gasteiger partial charge < -0.3 is 9.47 Å². The van der Waals surface area contributed by atoms with Crippen molar-refractivity contribution in [2.24, 2.45) is 10.2 Å². The molecule has 0 aliphatic carbocycles. The first-order valence-corrected chi connectivity index (χ1v) is 9.90. The number of hydrogen-bond donors (Lipinski definition) is 0. The van der Waals surface area contributed by atoms with Gasteiger partial charge in [0.05, 0.1) is 4.88 Å². The minimum absolute atomic E-state index is 0.0275. The fraction of sp³-hybridized carbons (Fsp3) is 0.471. The smallest absolute Gasteiger partial charge is 0.381 e. The van der Waals surface area contributed by atoms with Gasteiger partial charge in [0.2, 0.25) is 0 Å². The molecule has 0 N–H and O–H groups in total. The van der Waals surface area contributed by atoms with Gasteiger partial charge in [-0.2, -0.15) is 13.2 Å². The zero-order valence-electron chi connectivity index (χ0n) is 14.3. The molecule has 0 atom stereocenters. The van der Waals surface area contributed by atoms with Gasteiger partial charge in [0, 0.05) is 49.8 Å². The number of rotatable bonds is 5. The van der Waals surface area contributed by atoms with E-state index in [9.17, 15) is 13.2 Å². The minimum atomic E-state index is -4.51. The van der Waals surface area contributed by atoms with Crippen LogP contribution in [0.15, 0.2) is 49.9 Å². The van der Waals surface area contributed by atoms with Gasteiger partial charge in [-0.05, 0) is 12.1 Å². The number of halogens is 3. The molecule has 1 aromatic carbocycles. The summed E-state index contributed by atoms with van der Waals surface area (Å²) in [6.07, 6.45) is -1.14. The Morgan fingerprint density at radius 3 is 2.37 bits per heavy atom. The van der Waals surface area contributed by atoms with E-state index in [0.717, 1.165) is 27.0 Å². The molecule has 0 radical (unpaired) electrons. The average molecular weight is 415 g/mol. The maximum Gasteiger partial charge on any atom is 0.442 e. The van der Waals surface area contributed by atoms with Crippen molar-refractivity contribution in [1.82, 2.24) is 4.98 Å². The molecular formula is C17H16F3N3O2S2. The molecule has 1 aromatic heterocycles. The fourth-order valence-corrected chi connectivity index (χ4v) is 5.24. The second kappa shape index (κ2) is 6.84. The summed E-state index contributed by atoms with van der Waals surface area (Å²) in [6.45, 7) is 1.29. The molecule has 1 saturated heterocycles. The van der Waals surface area contributed by atoms with E-state index in [-0.39, 0.29) is 11.2 Å². The van der Waals surface area contributed by atoms with Crippen LogP contribution < -0.4 is 0 Å². The van der Waals surface area contributed by atoms with Crippen molar-refractivity contribution in [2.75, 3.05) is 20.3 Å². The Labute approximate surface area is 162 Å². The number of alkyl halides is 3. The first-order valence-electron chi connectivity index (χ1n) is 8.27. The summed E-state index contributed by atoms with van der Waals surface area (Å²) in [7, 11) is 1.70. The first-order chi connectivity index (χ1) is 12.9. The number of ether oxygens (including phenoxy) is 2. The number of nitrogens with zero attached hydrogens (tertiary/aromatic N) is 3. The van der Waals surface area contributed by atoms with Gasteiger partial charge in [-0.25, -0.2) is 4.98 Å². The van der Waals surface area contributed by atoms with E-state index in [2.05, 4.69) is 15.2 Å². The molecule has 1 fully saturated rings. The van der Waals surface area contributed by atoms with E-state index < -0.39 is 11.8 Å². The van der Waals surface area contributed by atoms with E-state index in [1.54, 1.807) is 19.2 Å². The Bertz CT molecular complexity index is 840. The van der Waals surface area contributed by atoms with E-state index in [4.69, 9.17) is 9.47 Å². The van der Waals surface area contributed by atoms with Crippen molar-refractivity contribution in [3.63, 3.8) is 0 Å². The van der Waals surface area contributed by atoms with Crippen LogP contribution in [0.5, 0.6) is 0 Å². The molecule has 0 unspecified atom stereocenters. The summed E-state index contributed by atoms with van der Waals surface area (Å²) in [4.78, 5) is 6.29. The Kier molecular flexibility index (Phi) is 4.77. The highest BCUT2D eigenvalue weighted by Crippen LogP contribution is 2.52. The van der Waals surface area contributed by atoms with Crippen LogP contribution in [0.1, 0.15) is 23.3 Å². The van der Waals surface area contributed by atoms with Crippen molar-refractivity contribution in [3.8, 4) is 0 Å². The summed E-state index contributed by atoms with van der Waals surface area (Å²) in [5, 5.41) is 6.44. The maximum absolute atomic E-state index is 13.1. The van der Waals surface area contributed by atoms with Gasteiger partial charge in [-0.1, -0.05) is 23.9 Å². The van der Waals surface area contributed by atoms with Gasteiger partial charge in [0.15, 0.2) is 4.34 Å². The Balaban J connectivity index is 1.48. The van der Waals surface area contributed by atoms with Gasteiger partial charge in [-0.3, -0.25) is 0 Å². The molecule has 2 aliphatic heterocycles. The highest BCUT2D eigenvalue weighted by molar-refractivity contribution is 8.01. The lowest BCUT2D eigenvalue weighted by molar-refractivity contribution is -0.166. The van der Waals surface area contributed by atoms with Crippen LogP contribution in [0.3, 0.4) is 0 Å². The predicted molar refractivity (Wildman–Crippen MR) is 94.0 cm³/mol. The summed E-state index contributed by atoms with van der Waals surface area (Å²) < 4.78 is 51.2. The molecule has 0 bridgehead atoms. The third kappa shape index (κ3) is 3.39. The number of aromatic nitrogens is 1. The second-order valence-electron chi connectivity index (χ2n) is 6.30. The third-order valence-corrected chi connectivity index (χ3v) is 7.05. The number of methoxy groups -OCH3 is 1. The van der Waals surface area contributed by atoms with Crippen LogP contribution in [0.4, 0.5) is 13.2 Å². The van der Waals surface area contributed by atoms with Crippen molar-refractivity contribution in [3.05, 3.63) is 40.9 Å².